The van der Waals surface area contributed by atoms with Crippen LogP contribution in [0.2, 0.25) is 0 Å². The van der Waals surface area contributed by atoms with Gasteiger partial charge in [-0.3, -0.25) is 4.79 Å². The van der Waals surface area contributed by atoms with Gasteiger partial charge in [0, 0.05) is 18.8 Å². The van der Waals surface area contributed by atoms with Crippen molar-refractivity contribution in [2.75, 3.05) is 5.32 Å². The molecule has 2 heterocycles. The molecule has 9 heteroatoms. The monoisotopic (exact) mass is 458 g/mol. The lowest BCUT2D eigenvalue weighted by atomic mass is 9.45. The number of anilines is 1. The van der Waals surface area contributed by atoms with Crippen molar-refractivity contribution in [3.8, 4) is 16.9 Å². The summed E-state index contributed by atoms with van der Waals surface area (Å²) in [6.07, 6.45) is 2.40. The first-order chi connectivity index (χ1) is 15.6. The van der Waals surface area contributed by atoms with E-state index in [0.717, 1.165) is 18.8 Å². The number of nitrogens with one attached hydrogen (secondary N) is 1. The highest BCUT2D eigenvalue weighted by Gasteiger charge is 2.54. The number of amides is 1. The molecule has 6 rings (SSSR count). The Kier molecular flexibility index (Phi) is 5.10. The number of hydrogen-bond donors (Lipinski definition) is 1. The SMILES string of the molecule is CC1(C)[C@H]2CC[C@@H](CC(=O)Nc3nn4cccnc4c3-c3ccc(OC(F)(F)F)cc3)[C@@H]1C2. The third-order valence-corrected chi connectivity index (χ3v) is 7.48. The molecular weight excluding hydrogens is 433 g/mol. The zero-order valence-corrected chi connectivity index (χ0v) is 18.4. The number of carbonyl (C=O) groups is 1. The van der Waals surface area contributed by atoms with Crippen LogP contribution in [0.25, 0.3) is 16.8 Å². The first-order valence-electron chi connectivity index (χ1n) is 11.1. The van der Waals surface area contributed by atoms with Crippen LogP contribution in [-0.2, 0) is 4.79 Å². The van der Waals surface area contributed by atoms with E-state index in [9.17, 15) is 18.0 Å². The molecule has 174 valence electrons. The van der Waals surface area contributed by atoms with Crippen molar-refractivity contribution in [1.82, 2.24) is 14.6 Å². The van der Waals surface area contributed by atoms with Crippen LogP contribution in [0.15, 0.2) is 42.7 Å². The predicted molar refractivity (Wildman–Crippen MR) is 116 cm³/mol. The molecule has 0 aliphatic heterocycles. The van der Waals surface area contributed by atoms with Gasteiger partial charge in [-0.15, -0.1) is 18.3 Å². The Morgan fingerprint density at radius 2 is 2.00 bits per heavy atom. The van der Waals surface area contributed by atoms with E-state index >= 15 is 0 Å². The first kappa shape index (κ1) is 21.7. The number of rotatable bonds is 5. The molecule has 0 radical (unpaired) electrons. The normalized spacial score (nSPS) is 23.7. The molecule has 2 aromatic heterocycles. The Bertz CT molecular complexity index is 1180. The summed E-state index contributed by atoms with van der Waals surface area (Å²) in [7, 11) is 0. The standard InChI is InChI=1S/C24H25F3N4O2/c1-23(2)16-7-4-15(18(23)13-16)12-19(32)29-21-20(22-28-10-3-11-31(22)30-21)14-5-8-17(9-6-14)33-24(25,26)27/h3,5-6,8-11,15-16,18H,4,7,12-13H2,1-2H3,(H,29,30,32)/t15-,16-,18-/m0/s1. The van der Waals surface area contributed by atoms with Crippen molar-refractivity contribution in [1.29, 1.82) is 0 Å². The maximum absolute atomic E-state index is 13.0. The van der Waals surface area contributed by atoms with Gasteiger partial charge in [0.05, 0.1) is 5.56 Å². The Morgan fingerprint density at radius 3 is 2.67 bits per heavy atom. The lowest BCUT2D eigenvalue weighted by Crippen LogP contribution is -2.52. The molecule has 3 atom stereocenters. The molecular formula is C24H25F3N4O2. The van der Waals surface area contributed by atoms with E-state index in [-0.39, 0.29) is 11.7 Å². The van der Waals surface area contributed by atoms with Crippen LogP contribution in [0.1, 0.15) is 39.5 Å². The third-order valence-electron chi connectivity index (χ3n) is 7.48. The zero-order chi connectivity index (χ0) is 23.4. The molecule has 2 bridgehead atoms. The lowest BCUT2D eigenvalue weighted by Gasteiger charge is -2.60. The van der Waals surface area contributed by atoms with Gasteiger partial charge in [0.25, 0.3) is 0 Å². The Hall–Kier alpha value is -3.10. The van der Waals surface area contributed by atoms with Crippen LogP contribution < -0.4 is 10.1 Å². The summed E-state index contributed by atoms with van der Waals surface area (Å²) in [5.74, 6) is 1.59. The fraction of sp³-hybridized carbons (Fsp3) is 0.458. The number of fused-ring (bicyclic) bond motifs is 3. The molecule has 3 fully saturated rings. The molecule has 33 heavy (non-hydrogen) atoms. The third kappa shape index (κ3) is 4.05. The predicted octanol–water partition coefficient (Wildman–Crippen LogP) is 5.70. The van der Waals surface area contributed by atoms with Crippen molar-refractivity contribution >= 4 is 17.4 Å². The summed E-state index contributed by atoms with van der Waals surface area (Å²) in [4.78, 5) is 17.4. The molecule has 0 saturated heterocycles. The van der Waals surface area contributed by atoms with Crippen molar-refractivity contribution in [3.63, 3.8) is 0 Å². The van der Waals surface area contributed by atoms with E-state index in [4.69, 9.17) is 0 Å². The van der Waals surface area contributed by atoms with Gasteiger partial charge in [0.15, 0.2) is 11.5 Å². The highest BCUT2D eigenvalue weighted by Crippen LogP contribution is 2.62. The summed E-state index contributed by atoms with van der Waals surface area (Å²) in [6, 6.07) is 7.18. The largest absolute Gasteiger partial charge is 0.573 e. The molecule has 0 spiro atoms. The molecule has 3 aromatic rings. The highest BCUT2D eigenvalue weighted by atomic mass is 19.4. The Morgan fingerprint density at radius 1 is 1.24 bits per heavy atom. The number of benzene rings is 1. The molecule has 1 amide bonds. The second kappa shape index (κ2) is 7.74. The maximum atomic E-state index is 13.0. The number of aromatic nitrogens is 3. The minimum atomic E-state index is -4.76. The first-order valence-corrected chi connectivity index (χ1v) is 11.1. The van der Waals surface area contributed by atoms with Gasteiger partial charge in [0.1, 0.15) is 5.75 Å². The minimum Gasteiger partial charge on any atom is -0.406 e. The molecule has 1 N–H and O–H groups in total. The van der Waals surface area contributed by atoms with E-state index in [1.165, 1.54) is 30.7 Å². The Balaban J connectivity index is 1.40. The van der Waals surface area contributed by atoms with Crippen molar-refractivity contribution in [3.05, 3.63) is 42.7 Å². The second-order valence-electron chi connectivity index (χ2n) is 9.63. The van der Waals surface area contributed by atoms with Gasteiger partial charge in [0.2, 0.25) is 5.91 Å². The summed E-state index contributed by atoms with van der Waals surface area (Å²) >= 11 is 0. The van der Waals surface area contributed by atoms with Crippen LogP contribution in [0.4, 0.5) is 19.0 Å². The number of nitrogens with zero attached hydrogens (tertiary/aromatic N) is 3. The number of carbonyl (C=O) groups excluding carboxylic acids is 1. The summed E-state index contributed by atoms with van der Waals surface area (Å²) < 4.78 is 43.0. The fourth-order valence-corrected chi connectivity index (χ4v) is 5.69. The van der Waals surface area contributed by atoms with Gasteiger partial charge in [-0.05, 0) is 66.2 Å². The van der Waals surface area contributed by atoms with Crippen LogP contribution in [0.5, 0.6) is 5.75 Å². The number of alkyl halides is 3. The number of ether oxygens (including phenoxy) is 1. The van der Waals surface area contributed by atoms with Gasteiger partial charge in [-0.25, -0.2) is 9.50 Å². The summed E-state index contributed by atoms with van der Waals surface area (Å²) in [5.41, 5.74) is 1.92. The van der Waals surface area contributed by atoms with Gasteiger partial charge in [-0.2, -0.15) is 0 Å². The molecule has 1 aromatic carbocycles. The van der Waals surface area contributed by atoms with Crippen molar-refractivity contribution < 1.29 is 22.7 Å². The summed E-state index contributed by atoms with van der Waals surface area (Å²) in [5, 5.41) is 7.41. The zero-order valence-electron chi connectivity index (χ0n) is 18.4. The number of halogens is 3. The van der Waals surface area contributed by atoms with Crippen LogP contribution in [-0.4, -0.2) is 26.9 Å². The van der Waals surface area contributed by atoms with Gasteiger partial charge < -0.3 is 10.1 Å². The minimum absolute atomic E-state index is 0.108. The van der Waals surface area contributed by atoms with Crippen molar-refractivity contribution in [2.24, 2.45) is 23.2 Å². The van der Waals surface area contributed by atoms with E-state index < -0.39 is 6.36 Å². The topological polar surface area (TPSA) is 68.5 Å². The smallest absolute Gasteiger partial charge is 0.406 e. The van der Waals surface area contributed by atoms with E-state index in [0.29, 0.717) is 46.3 Å². The van der Waals surface area contributed by atoms with Crippen molar-refractivity contribution in [2.45, 2.75) is 45.9 Å². The second-order valence-corrected chi connectivity index (χ2v) is 9.63. The van der Waals surface area contributed by atoms with E-state index in [1.54, 1.807) is 23.0 Å². The molecule has 3 aliphatic rings. The quantitative estimate of drug-likeness (QED) is 0.533. The fourth-order valence-electron chi connectivity index (χ4n) is 5.69. The molecule has 3 saturated carbocycles. The summed E-state index contributed by atoms with van der Waals surface area (Å²) in [6.45, 7) is 4.60. The Labute approximate surface area is 189 Å². The van der Waals surface area contributed by atoms with Crippen LogP contribution >= 0.6 is 0 Å². The molecule has 6 nitrogen and oxygen atoms in total. The molecule has 3 aliphatic carbocycles. The van der Waals surface area contributed by atoms with E-state index in [2.05, 4.69) is 34.0 Å². The van der Waals surface area contributed by atoms with E-state index in [1.807, 2.05) is 0 Å². The number of hydrogen-bond acceptors (Lipinski definition) is 4. The van der Waals surface area contributed by atoms with Gasteiger partial charge in [-0.1, -0.05) is 26.0 Å². The maximum Gasteiger partial charge on any atom is 0.573 e. The highest BCUT2D eigenvalue weighted by molar-refractivity contribution is 5.97. The lowest BCUT2D eigenvalue weighted by molar-refractivity contribution is -0.274. The van der Waals surface area contributed by atoms with Crippen LogP contribution in [0.3, 0.4) is 0 Å². The van der Waals surface area contributed by atoms with Crippen LogP contribution in [0, 0.1) is 23.2 Å². The average Bonchev–Trinajstić information content (AvgIpc) is 3.10. The average molecular weight is 458 g/mol. The molecule has 0 unspecified atom stereocenters. The van der Waals surface area contributed by atoms with Gasteiger partial charge >= 0.3 is 6.36 Å².